The molecule has 6 heteroatoms. The zero-order chi connectivity index (χ0) is 18.2. The van der Waals surface area contributed by atoms with Crippen LogP contribution in [0.4, 0.5) is 0 Å². The maximum atomic E-state index is 12.4. The van der Waals surface area contributed by atoms with E-state index in [1.807, 2.05) is 11.9 Å². The summed E-state index contributed by atoms with van der Waals surface area (Å²) >= 11 is 0. The van der Waals surface area contributed by atoms with Gasteiger partial charge in [-0.3, -0.25) is 9.79 Å². The van der Waals surface area contributed by atoms with Gasteiger partial charge >= 0.3 is 0 Å². The Balaban J connectivity index is 1.32. The third-order valence-electron chi connectivity index (χ3n) is 6.10. The lowest BCUT2D eigenvalue weighted by Crippen LogP contribution is -2.55. The standard InChI is InChI=1S/C20H36N4O2/c1-21-20(22-11-5-4-9-17-7-2-3-8-17)24-14-12-23(13-15-24)19(25)18-10-6-16-26-18/h17-18H,2-16H2,1H3,(H,21,22). The van der Waals surface area contributed by atoms with E-state index in [1.54, 1.807) is 0 Å². The SMILES string of the molecule is CN=C(NCCCCC1CCCC1)N1CCN(C(=O)C2CCCO2)CC1. The minimum Gasteiger partial charge on any atom is -0.368 e. The minimum absolute atomic E-state index is 0.178. The number of unbranched alkanes of at least 4 members (excludes halogenated alkanes) is 1. The molecular weight excluding hydrogens is 328 g/mol. The molecule has 2 aliphatic heterocycles. The lowest BCUT2D eigenvalue weighted by molar-refractivity contribution is -0.142. The summed E-state index contributed by atoms with van der Waals surface area (Å²) in [4.78, 5) is 21.1. The number of hydrogen-bond acceptors (Lipinski definition) is 3. The molecule has 1 atom stereocenters. The zero-order valence-electron chi connectivity index (χ0n) is 16.4. The molecule has 3 aliphatic rings. The summed E-state index contributed by atoms with van der Waals surface area (Å²) in [5.41, 5.74) is 0. The van der Waals surface area contributed by atoms with Crippen LogP contribution in [0.15, 0.2) is 4.99 Å². The Morgan fingerprint density at radius 2 is 1.77 bits per heavy atom. The average molecular weight is 365 g/mol. The molecule has 1 aliphatic carbocycles. The van der Waals surface area contributed by atoms with Gasteiger partial charge in [0.1, 0.15) is 6.10 Å². The Labute approximate surface area is 158 Å². The van der Waals surface area contributed by atoms with Crippen LogP contribution in [0.1, 0.15) is 57.8 Å². The summed E-state index contributed by atoms with van der Waals surface area (Å²) in [6.07, 6.45) is 11.4. The second kappa shape index (κ2) is 10.1. The van der Waals surface area contributed by atoms with Crippen LogP contribution in [0.5, 0.6) is 0 Å². The normalized spacial score (nSPS) is 25.1. The molecule has 1 N–H and O–H groups in total. The molecule has 1 unspecified atom stereocenters. The number of carbonyl (C=O) groups excluding carboxylic acids is 1. The number of piperazine rings is 1. The predicted octanol–water partition coefficient (Wildman–Crippen LogP) is 2.25. The number of guanidine groups is 1. The lowest BCUT2D eigenvalue weighted by Gasteiger charge is -2.37. The summed E-state index contributed by atoms with van der Waals surface area (Å²) in [6, 6.07) is 0. The van der Waals surface area contributed by atoms with E-state index < -0.39 is 0 Å². The third-order valence-corrected chi connectivity index (χ3v) is 6.10. The van der Waals surface area contributed by atoms with Gasteiger partial charge in [-0.2, -0.15) is 0 Å². The first-order valence-electron chi connectivity index (χ1n) is 10.6. The fourth-order valence-corrected chi connectivity index (χ4v) is 4.50. The number of aliphatic imine (C=N–C) groups is 1. The Morgan fingerprint density at radius 3 is 2.42 bits per heavy atom. The summed E-state index contributed by atoms with van der Waals surface area (Å²) in [6.45, 7) is 4.95. The highest BCUT2D eigenvalue weighted by Crippen LogP contribution is 2.28. The largest absolute Gasteiger partial charge is 0.368 e. The molecule has 2 saturated heterocycles. The number of amides is 1. The Hall–Kier alpha value is -1.30. The molecule has 0 spiro atoms. The molecule has 0 bridgehead atoms. The van der Waals surface area contributed by atoms with Crippen molar-refractivity contribution in [3.63, 3.8) is 0 Å². The number of carbonyl (C=O) groups is 1. The van der Waals surface area contributed by atoms with Gasteiger partial charge in [-0.05, 0) is 25.2 Å². The van der Waals surface area contributed by atoms with E-state index in [9.17, 15) is 4.79 Å². The van der Waals surface area contributed by atoms with Gasteiger partial charge in [-0.1, -0.05) is 38.5 Å². The van der Waals surface area contributed by atoms with Crippen LogP contribution in [0.25, 0.3) is 0 Å². The first-order valence-corrected chi connectivity index (χ1v) is 10.6. The van der Waals surface area contributed by atoms with Gasteiger partial charge in [0.25, 0.3) is 5.91 Å². The van der Waals surface area contributed by atoms with E-state index in [0.29, 0.717) is 0 Å². The number of hydrogen-bond donors (Lipinski definition) is 1. The fourth-order valence-electron chi connectivity index (χ4n) is 4.50. The number of rotatable bonds is 6. The van der Waals surface area contributed by atoms with Crippen molar-refractivity contribution in [3.05, 3.63) is 0 Å². The molecule has 148 valence electrons. The van der Waals surface area contributed by atoms with Crippen LogP contribution in [0, 0.1) is 5.92 Å². The van der Waals surface area contributed by atoms with Crippen LogP contribution >= 0.6 is 0 Å². The van der Waals surface area contributed by atoms with E-state index in [1.165, 1.54) is 44.9 Å². The Bertz CT molecular complexity index is 462. The fraction of sp³-hybridized carbons (Fsp3) is 0.900. The molecule has 1 saturated carbocycles. The molecular formula is C20H36N4O2. The van der Waals surface area contributed by atoms with Crippen LogP contribution in [0.2, 0.25) is 0 Å². The van der Waals surface area contributed by atoms with Crippen molar-refractivity contribution >= 4 is 11.9 Å². The number of nitrogens with zero attached hydrogens (tertiary/aromatic N) is 3. The first-order chi connectivity index (χ1) is 12.8. The molecule has 26 heavy (non-hydrogen) atoms. The van der Waals surface area contributed by atoms with Crippen molar-refractivity contribution in [3.8, 4) is 0 Å². The zero-order valence-corrected chi connectivity index (χ0v) is 16.4. The first kappa shape index (κ1) is 19.5. The molecule has 3 fully saturated rings. The predicted molar refractivity (Wildman–Crippen MR) is 104 cm³/mol. The monoisotopic (exact) mass is 364 g/mol. The van der Waals surface area contributed by atoms with Crippen molar-refractivity contribution in [1.29, 1.82) is 0 Å². The van der Waals surface area contributed by atoms with Crippen molar-refractivity contribution in [2.24, 2.45) is 10.9 Å². The quantitative estimate of drug-likeness (QED) is 0.446. The summed E-state index contributed by atoms with van der Waals surface area (Å²) in [7, 11) is 1.85. The maximum Gasteiger partial charge on any atom is 0.251 e. The van der Waals surface area contributed by atoms with Crippen LogP contribution in [-0.2, 0) is 9.53 Å². The summed E-state index contributed by atoms with van der Waals surface area (Å²) < 4.78 is 5.54. The van der Waals surface area contributed by atoms with E-state index in [-0.39, 0.29) is 12.0 Å². The van der Waals surface area contributed by atoms with Crippen LogP contribution in [0.3, 0.4) is 0 Å². The highest BCUT2D eigenvalue weighted by molar-refractivity contribution is 5.82. The van der Waals surface area contributed by atoms with E-state index >= 15 is 0 Å². The second-order valence-electron chi connectivity index (χ2n) is 7.93. The van der Waals surface area contributed by atoms with Gasteiger partial charge in [0.05, 0.1) is 0 Å². The van der Waals surface area contributed by atoms with Crippen molar-refractivity contribution < 1.29 is 9.53 Å². The number of ether oxygens (including phenoxy) is 1. The van der Waals surface area contributed by atoms with Gasteiger partial charge in [0.15, 0.2) is 5.96 Å². The smallest absolute Gasteiger partial charge is 0.251 e. The molecule has 1 amide bonds. The van der Waals surface area contributed by atoms with Crippen molar-refractivity contribution in [1.82, 2.24) is 15.1 Å². The third kappa shape index (κ3) is 5.35. The minimum atomic E-state index is -0.196. The van der Waals surface area contributed by atoms with Gasteiger partial charge < -0.3 is 19.9 Å². The topological polar surface area (TPSA) is 57.2 Å². The van der Waals surface area contributed by atoms with Crippen molar-refractivity contribution in [2.75, 3.05) is 46.4 Å². The van der Waals surface area contributed by atoms with E-state index in [2.05, 4.69) is 15.2 Å². The summed E-state index contributed by atoms with van der Waals surface area (Å²) in [5.74, 6) is 2.15. The van der Waals surface area contributed by atoms with Gasteiger partial charge in [0.2, 0.25) is 0 Å². The highest BCUT2D eigenvalue weighted by Gasteiger charge is 2.30. The van der Waals surface area contributed by atoms with E-state index in [4.69, 9.17) is 4.74 Å². The molecule has 3 rings (SSSR count). The van der Waals surface area contributed by atoms with E-state index in [0.717, 1.165) is 64.0 Å². The van der Waals surface area contributed by atoms with Gasteiger partial charge in [-0.25, -0.2) is 0 Å². The molecule has 6 nitrogen and oxygen atoms in total. The molecule has 0 aromatic carbocycles. The molecule has 0 aromatic heterocycles. The average Bonchev–Trinajstić information content (AvgIpc) is 3.38. The lowest BCUT2D eigenvalue weighted by atomic mass is 10.0. The highest BCUT2D eigenvalue weighted by atomic mass is 16.5. The molecule has 0 radical (unpaired) electrons. The second-order valence-corrected chi connectivity index (χ2v) is 7.93. The van der Waals surface area contributed by atoms with Crippen LogP contribution < -0.4 is 5.32 Å². The van der Waals surface area contributed by atoms with Gasteiger partial charge in [0, 0.05) is 46.4 Å². The Kier molecular flexibility index (Phi) is 7.59. The van der Waals surface area contributed by atoms with Gasteiger partial charge in [-0.15, -0.1) is 0 Å². The summed E-state index contributed by atoms with van der Waals surface area (Å²) in [5, 5.41) is 3.51. The van der Waals surface area contributed by atoms with Crippen LogP contribution in [-0.4, -0.2) is 74.1 Å². The molecule has 2 heterocycles. The molecule has 0 aromatic rings. The maximum absolute atomic E-state index is 12.4. The number of nitrogens with one attached hydrogen (secondary N) is 1. The van der Waals surface area contributed by atoms with Crippen molar-refractivity contribution in [2.45, 2.75) is 63.9 Å². The Morgan fingerprint density at radius 1 is 1.04 bits per heavy atom.